The molecule has 0 unspecified atom stereocenters. The normalized spacial score (nSPS) is 11.3. The summed E-state index contributed by atoms with van der Waals surface area (Å²) < 4.78 is 39.2. The predicted molar refractivity (Wildman–Crippen MR) is 42.1 cm³/mol. The van der Waals surface area contributed by atoms with Gasteiger partial charge in [0.05, 0.1) is 19.5 Å². The highest BCUT2D eigenvalue weighted by molar-refractivity contribution is 7.89. The monoisotopic (exact) mass is 206 g/mol. The van der Waals surface area contributed by atoms with Gasteiger partial charge in [-0.2, -0.15) is 0 Å². The van der Waals surface area contributed by atoms with Crippen LogP contribution >= 0.6 is 0 Å². The van der Waals surface area contributed by atoms with E-state index in [4.69, 9.17) is 5.14 Å². The second-order valence-electron chi connectivity index (χ2n) is 2.20. The Morgan fingerprint density at radius 1 is 1.54 bits per heavy atom. The van der Waals surface area contributed by atoms with E-state index in [2.05, 4.69) is 9.72 Å². The van der Waals surface area contributed by atoms with Crippen LogP contribution in [-0.4, -0.2) is 20.5 Å². The molecule has 0 saturated heterocycles. The lowest BCUT2D eigenvalue weighted by Crippen LogP contribution is -2.15. The first-order chi connectivity index (χ1) is 5.96. The summed E-state index contributed by atoms with van der Waals surface area (Å²) in [7, 11) is -2.92. The van der Waals surface area contributed by atoms with Gasteiger partial charge in [0.15, 0.2) is 16.5 Å². The zero-order chi connectivity index (χ0) is 10.1. The summed E-state index contributed by atoms with van der Waals surface area (Å²) in [5.74, 6) is -1.23. The molecular formula is C6H7FN2O3S. The molecule has 1 aromatic heterocycles. The molecule has 1 rings (SSSR count). The van der Waals surface area contributed by atoms with E-state index in [1.165, 1.54) is 7.11 Å². The third-order valence-electron chi connectivity index (χ3n) is 1.32. The maximum Gasteiger partial charge on any atom is 0.244 e. The van der Waals surface area contributed by atoms with Gasteiger partial charge in [-0.25, -0.2) is 17.9 Å². The molecule has 0 saturated carbocycles. The standard InChI is InChI=1S/C6H7FN2O3S/c1-12-5-3-9-2-4(7)6(5)13(8,10)11/h2-3H,1H3,(H2,8,10,11). The minimum absolute atomic E-state index is 0.206. The summed E-state index contributed by atoms with van der Waals surface area (Å²) in [5, 5.41) is 4.76. The summed E-state index contributed by atoms with van der Waals surface area (Å²) in [6.07, 6.45) is 1.82. The fourth-order valence-corrected chi connectivity index (χ4v) is 1.57. The zero-order valence-corrected chi connectivity index (χ0v) is 7.51. The number of methoxy groups -OCH3 is 1. The van der Waals surface area contributed by atoms with Crippen molar-refractivity contribution in [2.24, 2.45) is 5.14 Å². The third-order valence-corrected chi connectivity index (χ3v) is 2.29. The van der Waals surface area contributed by atoms with Crippen molar-refractivity contribution in [3.8, 4) is 5.75 Å². The summed E-state index contributed by atoms with van der Waals surface area (Å²) >= 11 is 0. The lowest BCUT2D eigenvalue weighted by atomic mass is 10.4. The molecule has 0 aromatic carbocycles. The highest BCUT2D eigenvalue weighted by Gasteiger charge is 2.20. The average molecular weight is 206 g/mol. The Labute approximate surface area is 74.4 Å². The summed E-state index contributed by atoms with van der Waals surface area (Å²) in [4.78, 5) is 2.73. The molecule has 0 aliphatic heterocycles. The van der Waals surface area contributed by atoms with Gasteiger partial charge in [-0.1, -0.05) is 0 Å². The molecule has 0 atom stereocenters. The van der Waals surface area contributed by atoms with Crippen molar-refractivity contribution in [3.63, 3.8) is 0 Å². The first-order valence-electron chi connectivity index (χ1n) is 3.17. The molecule has 1 aromatic rings. The van der Waals surface area contributed by atoms with E-state index < -0.39 is 20.7 Å². The van der Waals surface area contributed by atoms with Crippen LogP contribution in [-0.2, 0) is 10.0 Å². The van der Waals surface area contributed by atoms with Crippen LogP contribution < -0.4 is 9.88 Å². The Hall–Kier alpha value is -1.21. The maximum atomic E-state index is 12.9. The second kappa shape index (κ2) is 3.27. The first-order valence-corrected chi connectivity index (χ1v) is 4.71. The zero-order valence-electron chi connectivity index (χ0n) is 6.69. The maximum absolute atomic E-state index is 12.9. The summed E-state index contributed by atoms with van der Waals surface area (Å²) in [6, 6.07) is 0. The van der Waals surface area contributed by atoms with E-state index in [0.717, 1.165) is 12.4 Å². The van der Waals surface area contributed by atoms with Gasteiger partial charge >= 0.3 is 0 Å². The van der Waals surface area contributed by atoms with Crippen LogP contribution in [0.25, 0.3) is 0 Å². The van der Waals surface area contributed by atoms with Crippen molar-refractivity contribution in [1.29, 1.82) is 0 Å². The minimum Gasteiger partial charge on any atom is -0.494 e. The van der Waals surface area contributed by atoms with Crippen LogP contribution in [0.3, 0.4) is 0 Å². The molecule has 0 aliphatic carbocycles. The fraction of sp³-hybridized carbons (Fsp3) is 0.167. The molecular weight excluding hydrogens is 199 g/mol. The van der Waals surface area contributed by atoms with E-state index in [-0.39, 0.29) is 5.75 Å². The number of hydrogen-bond acceptors (Lipinski definition) is 4. The van der Waals surface area contributed by atoms with E-state index in [1.54, 1.807) is 0 Å². The van der Waals surface area contributed by atoms with E-state index in [0.29, 0.717) is 0 Å². The Kier molecular flexibility index (Phi) is 2.48. The van der Waals surface area contributed by atoms with E-state index >= 15 is 0 Å². The molecule has 0 amide bonds. The van der Waals surface area contributed by atoms with Gasteiger partial charge in [0.25, 0.3) is 0 Å². The minimum atomic E-state index is -4.12. The van der Waals surface area contributed by atoms with Crippen LogP contribution in [0.1, 0.15) is 0 Å². The van der Waals surface area contributed by atoms with Gasteiger partial charge in [-0.3, -0.25) is 4.98 Å². The quantitative estimate of drug-likeness (QED) is 0.731. The molecule has 0 fully saturated rings. The second-order valence-corrected chi connectivity index (χ2v) is 3.70. The molecule has 1 heterocycles. The Bertz CT molecular complexity index is 418. The van der Waals surface area contributed by atoms with Gasteiger partial charge in [0, 0.05) is 0 Å². The number of primary sulfonamides is 1. The molecule has 7 heteroatoms. The van der Waals surface area contributed by atoms with Gasteiger partial charge in [0.1, 0.15) is 0 Å². The van der Waals surface area contributed by atoms with Crippen molar-refractivity contribution < 1.29 is 17.5 Å². The molecule has 13 heavy (non-hydrogen) atoms. The SMILES string of the molecule is COc1cncc(F)c1S(N)(=O)=O. The summed E-state index contributed by atoms with van der Waals surface area (Å²) in [5.41, 5.74) is 0. The lowest BCUT2D eigenvalue weighted by molar-refractivity contribution is 0.391. The topological polar surface area (TPSA) is 82.3 Å². The van der Waals surface area contributed by atoms with Gasteiger partial charge in [0.2, 0.25) is 10.0 Å². The van der Waals surface area contributed by atoms with Crippen LogP contribution in [0, 0.1) is 5.82 Å². The van der Waals surface area contributed by atoms with Crippen LogP contribution in [0.4, 0.5) is 4.39 Å². The van der Waals surface area contributed by atoms with Crippen LogP contribution in [0.2, 0.25) is 0 Å². The summed E-state index contributed by atoms with van der Waals surface area (Å²) in [6.45, 7) is 0. The smallest absolute Gasteiger partial charge is 0.244 e. The molecule has 2 N–H and O–H groups in total. The number of nitrogens with two attached hydrogens (primary N) is 1. The Morgan fingerprint density at radius 2 is 2.15 bits per heavy atom. The number of pyridine rings is 1. The number of ether oxygens (including phenoxy) is 1. The highest BCUT2D eigenvalue weighted by Crippen LogP contribution is 2.23. The molecule has 0 aliphatic rings. The molecule has 5 nitrogen and oxygen atoms in total. The largest absolute Gasteiger partial charge is 0.494 e. The van der Waals surface area contributed by atoms with Crippen molar-refractivity contribution in [1.82, 2.24) is 4.98 Å². The van der Waals surface area contributed by atoms with E-state index in [9.17, 15) is 12.8 Å². The Morgan fingerprint density at radius 3 is 2.54 bits per heavy atom. The number of aromatic nitrogens is 1. The van der Waals surface area contributed by atoms with Crippen LogP contribution in [0.5, 0.6) is 5.75 Å². The predicted octanol–water partition coefficient (Wildman–Crippen LogP) is -0.123. The Balaban J connectivity index is 3.50. The van der Waals surface area contributed by atoms with Gasteiger partial charge < -0.3 is 4.74 Å². The van der Waals surface area contributed by atoms with Gasteiger partial charge in [-0.05, 0) is 0 Å². The fourth-order valence-electron chi connectivity index (χ4n) is 0.827. The van der Waals surface area contributed by atoms with Crippen molar-refractivity contribution in [3.05, 3.63) is 18.2 Å². The van der Waals surface area contributed by atoms with Gasteiger partial charge in [-0.15, -0.1) is 0 Å². The van der Waals surface area contributed by atoms with Crippen molar-refractivity contribution in [2.45, 2.75) is 4.90 Å². The van der Waals surface area contributed by atoms with Crippen LogP contribution in [0.15, 0.2) is 17.3 Å². The number of sulfonamides is 1. The third kappa shape index (κ3) is 1.93. The molecule has 0 radical (unpaired) electrons. The molecule has 72 valence electrons. The first kappa shape index (κ1) is 9.87. The number of halogens is 1. The highest BCUT2D eigenvalue weighted by atomic mass is 32.2. The molecule has 0 bridgehead atoms. The average Bonchev–Trinajstić information content (AvgIpc) is 2.01. The lowest BCUT2D eigenvalue weighted by Gasteiger charge is -2.05. The number of nitrogens with zero attached hydrogens (tertiary/aromatic N) is 1. The van der Waals surface area contributed by atoms with E-state index in [1.807, 2.05) is 0 Å². The van der Waals surface area contributed by atoms with Crippen molar-refractivity contribution in [2.75, 3.05) is 7.11 Å². The number of hydrogen-bond donors (Lipinski definition) is 1. The number of rotatable bonds is 2. The van der Waals surface area contributed by atoms with Crippen molar-refractivity contribution >= 4 is 10.0 Å². The molecule has 0 spiro atoms.